The number of benzene rings is 2. The number of fused-ring (bicyclic) bond motifs is 1. The predicted octanol–water partition coefficient (Wildman–Crippen LogP) is 3.01. The van der Waals surface area contributed by atoms with Gasteiger partial charge in [-0.15, -0.1) is 0 Å². The van der Waals surface area contributed by atoms with E-state index in [1.807, 2.05) is 48.5 Å². The molecule has 1 atom stereocenters. The monoisotopic (exact) mass is 309 g/mol. The van der Waals surface area contributed by atoms with Gasteiger partial charge in [-0.3, -0.25) is 9.59 Å². The van der Waals surface area contributed by atoms with Crippen molar-refractivity contribution in [1.29, 1.82) is 0 Å². The van der Waals surface area contributed by atoms with Gasteiger partial charge in [-0.2, -0.15) is 0 Å². The molecule has 1 aliphatic heterocycles. The highest BCUT2D eigenvalue weighted by molar-refractivity contribution is 6.06. The Morgan fingerprint density at radius 2 is 1.78 bits per heavy atom. The van der Waals surface area contributed by atoms with Crippen LogP contribution in [0.15, 0.2) is 48.5 Å². The molecule has 0 aliphatic carbocycles. The minimum Gasteiger partial charge on any atom is -0.372 e. The number of anilines is 3. The number of rotatable bonds is 4. The van der Waals surface area contributed by atoms with Crippen LogP contribution in [0, 0.1) is 0 Å². The van der Waals surface area contributed by atoms with E-state index in [1.165, 1.54) is 5.56 Å². The summed E-state index contributed by atoms with van der Waals surface area (Å²) < 4.78 is 0. The molecule has 0 saturated heterocycles. The fraction of sp³-hybridized carbons (Fsp3) is 0.222. The minimum atomic E-state index is -0.570. The van der Waals surface area contributed by atoms with Gasteiger partial charge in [0.15, 0.2) is 0 Å². The second-order valence-electron chi connectivity index (χ2n) is 5.53. The highest BCUT2D eigenvalue weighted by Gasteiger charge is 2.27. The van der Waals surface area contributed by atoms with Crippen LogP contribution in [0.4, 0.5) is 17.1 Å². The maximum Gasteiger partial charge on any atom is 0.247 e. The quantitative estimate of drug-likeness (QED) is 0.813. The number of nitrogens with one attached hydrogen (secondary N) is 3. The first-order valence-corrected chi connectivity index (χ1v) is 7.71. The van der Waals surface area contributed by atoms with Gasteiger partial charge in [0.2, 0.25) is 11.8 Å². The van der Waals surface area contributed by atoms with Gasteiger partial charge in [0.05, 0.1) is 17.8 Å². The van der Waals surface area contributed by atoms with Crippen LogP contribution in [-0.2, 0) is 16.0 Å². The second-order valence-corrected chi connectivity index (χ2v) is 5.53. The van der Waals surface area contributed by atoms with E-state index in [0.29, 0.717) is 0 Å². The van der Waals surface area contributed by atoms with Crippen LogP contribution in [0.2, 0.25) is 0 Å². The fourth-order valence-electron chi connectivity index (χ4n) is 2.56. The van der Waals surface area contributed by atoms with Gasteiger partial charge in [0.1, 0.15) is 6.04 Å². The first-order chi connectivity index (χ1) is 11.2. The molecule has 2 aromatic carbocycles. The molecule has 1 unspecified atom stereocenters. The highest BCUT2D eigenvalue weighted by Crippen LogP contribution is 2.26. The number of carbonyl (C=O) groups is 2. The minimum absolute atomic E-state index is 0.0791. The van der Waals surface area contributed by atoms with Crippen LogP contribution in [0.1, 0.15) is 18.9 Å². The van der Waals surface area contributed by atoms with Crippen molar-refractivity contribution < 1.29 is 9.59 Å². The van der Waals surface area contributed by atoms with Crippen LogP contribution in [0.25, 0.3) is 0 Å². The van der Waals surface area contributed by atoms with E-state index in [1.54, 1.807) is 0 Å². The third-order valence-electron chi connectivity index (χ3n) is 3.87. The Kier molecular flexibility index (Phi) is 4.28. The molecule has 3 N–H and O–H groups in total. The Bertz CT molecular complexity index is 725. The molecule has 1 heterocycles. The fourth-order valence-corrected chi connectivity index (χ4v) is 2.56. The van der Waals surface area contributed by atoms with Gasteiger partial charge in [0.25, 0.3) is 0 Å². The number of hydrogen-bond donors (Lipinski definition) is 3. The van der Waals surface area contributed by atoms with Gasteiger partial charge < -0.3 is 16.0 Å². The summed E-state index contributed by atoms with van der Waals surface area (Å²) in [6.07, 6.45) is 1.04. The molecule has 0 aromatic heterocycles. The molecule has 0 saturated carbocycles. The Labute approximate surface area is 135 Å². The van der Waals surface area contributed by atoms with Crippen molar-refractivity contribution in [2.45, 2.75) is 25.8 Å². The van der Waals surface area contributed by atoms with Crippen LogP contribution >= 0.6 is 0 Å². The van der Waals surface area contributed by atoms with E-state index < -0.39 is 6.04 Å². The van der Waals surface area contributed by atoms with Crippen molar-refractivity contribution in [1.82, 2.24) is 0 Å². The third-order valence-corrected chi connectivity index (χ3v) is 3.87. The Hall–Kier alpha value is -2.82. The maximum atomic E-state index is 12.2. The van der Waals surface area contributed by atoms with Crippen LogP contribution < -0.4 is 16.0 Å². The lowest BCUT2D eigenvalue weighted by atomic mass is 10.1. The summed E-state index contributed by atoms with van der Waals surface area (Å²) in [4.78, 5) is 24.2. The summed E-state index contributed by atoms with van der Waals surface area (Å²) in [5.41, 5.74) is 3.53. The molecule has 3 rings (SSSR count). The normalized spacial score (nSPS) is 16.0. The van der Waals surface area contributed by atoms with Crippen molar-refractivity contribution in [2.75, 3.05) is 16.0 Å². The van der Waals surface area contributed by atoms with Crippen molar-refractivity contribution in [2.24, 2.45) is 0 Å². The lowest BCUT2D eigenvalue weighted by Gasteiger charge is -2.26. The summed E-state index contributed by atoms with van der Waals surface area (Å²) in [5.74, 6) is -0.388. The van der Waals surface area contributed by atoms with Crippen molar-refractivity contribution in [3.05, 3.63) is 54.1 Å². The van der Waals surface area contributed by atoms with Gasteiger partial charge in [-0.1, -0.05) is 31.2 Å². The average molecular weight is 309 g/mol. The summed E-state index contributed by atoms with van der Waals surface area (Å²) in [5, 5.41) is 8.75. The van der Waals surface area contributed by atoms with Crippen molar-refractivity contribution >= 4 is 28.9 Å². The molecule has 1 aliphatic rings. The topological polar surface area (TPSA) is 70.2 Å². The second kappa shape index (κ2) is 6.52. The van der Waals surface area contributed by atoms with E-state index in [2.05, 4.69) is 22.9 Å². The maximum absolute atomic E-state index is 12.2. The largest absolute Gasteiger partial charge is 0.372 e. The molecule has 118 valence electrons. The van der Waals surface area contributed by atoms with Gasteiger partial charge in [-0.25, -0.2) is 0 Å². The highest BCUT2D eigenvalue weighted by atomic mass is 16.2. The van der Waals surface area contributed by atoms with Crippen LogP contribution in [-0.4, -0.2) is 17.9 Å². The molecule has 0 fully saturated rings. The Morgan fingerprint density at radius 3 is 2.48 bits per heavy atom. The molecule has 0 bridgehead atoms. The number of aryl methyl sites for hydroxylation is 1. The van der Waals surface area contributed by atoms with Gasteiger partial charge >= 0.3 is 0 Å². The zero-order chi connectivity index (χ0) is 16.2. The van der Waals surface area contributed by atoms with Gasteiger partial charge in [-0.05, 0) is 36.2 Å². The summed E-state index contributed by atoms with van der Waals surface area (Å²) in [6, 6.07) is 14.6. The average Bonchev–Trinajstić information content (AvgIpc) is 2.56. The molecular formula is C18H19N3O2. The van der Waals surface area contributed by atoms with Gasteiger partial charge in [0, 0.05) is 5.69 Å². The Balaban J connectivity index is 1.62. The van der Waals surface area contributed by atoms with E-state index >= 15 is 0 Å². The predicted molar refractivity (Wildman–Crippen MR) is 91.5 cm³/mol. The summed E-state index contributed by atoms with van der Waals surface area (Å²) >= 11 is 0. The number of amides is 2. The van der Waals surface area contributed by atoms with Crippen molar-refractivity contribution in [3.8, 4) is 0 Å². The Morgan fingerprint density at radius 1 is 1.09 bits per heavy atom. The lowest BCUT2D eigenvalue weighted by molar-refractivity contribution is -0.122. The van der Waals surface area contributed by atoms with E-state index in [0.717, 1.165) is 23.5 Å². The first kappa shape index (κ1) is 15.1. The third kappa shape index (κ3) is 3.51. The number of carbonyl (C=O) groups excluding carboxylic acids is 2. The molecule has 2 amide bonds. The van der Waals surface area contributed by atoms with Crippen LogP contribution in [0.3, 0.4) is 0 Å². The molecule has 23 heavy (non-hydrogen) atoms. The zero-order valence-corrected chi connectivity index (χ0v) is 12.9. The van der Waals surface area contributed by atoms with Crippen molar-refractivity contribution in [3.63, 3.8) is 0 Å². The summed E-state index contributed by atoms with van der Waals surface area (Å²) in [6.45, 7) is 2.08. The lowest BCUT2D eigenvalue weighted by Crippen LogP contribution is -2.41. The standard InChI is InChI=1S/C18H19N3O2/c1-2-12-7-9-13(10-8-12)19-17(22)11-16-18(23)21-15-6-4-3-5-14(15)20-16/h3-10,16,20H,2,11H2,1H3,(H,19,22)(H,21,23). The molecule has 5 heteroatoms. The smallest absolute Gasteiger partial charge is 0.247 e. The zero-order valence-electron chi connectivity index (χ0n) is 12.9. The molecule has 0 radical (unpaired) electrons. The molecule has 0 spiro atoms. The number of hydrogen-bond acceptors (Lipinski definition) is 3. The number of para-hydroxylation sites is 2. The van der Waals surface area contributed by atoms with Crippen LogP contribution in [0.5, 0.6) is 0 Å². The van der Waals surface area contributed by atoms with E-state index in [9.17, 15) is 9.59 Å². The van der Waals surface area contributed by atoms with E-state index in [4.69, 9.17) is 0 Å². The molecule has 5 nitrogen and oxygen atoms in total. The SMILES string of the molecule is CCc1ccc(NC(=O)CC2Nc3ccccc3NC2=O)cc1. The molecular weight excluding hydrogens is 290 g/mol. The summed E-state index contributed by atoms with van der Waals surface area (Å²) in [7, 11) is 0. The molecule has 2 aromatic rings. The van der Waals surface area contributed by atoms with E-state index in [-0.39, 0.29) is 18.2 Å². The first-order valence-electron chi connectivity index (χ1n) is 7.71.